The van der Waals surface area contributed by atoms with E-state index >= 15 is 0 Å². The molecule has 4 N–H and O–H groups in total. The fourth-order valence-electron chi connectivity index (χ4n) is 2.98. The summed E-state index contributed by atoms with van der Waals surface area (Å²) < 4.78 is 14.9. The van der Waals surface area contributed by atoms with Crippen LogP contribution in [0.1, 0.15) is 5.56 Å². The van der Waals surface area contributed by atoms with Gasteiger partial charge in [0.2, 0.25) is 0 Å². The van der Waals surface area contributed by atoms with Gasteiger partial charge in [-0.3, -0.25) is 10.0 Å². The van der Waals surface area contributed by atoms with Gasteiger partial charge in [0, 0.05) is 48.8 Å². The summed E-state index contributed by atoms with van der Waals surface area (Å²) in [7, 11) is -2.04. The van der Waals surface area contributed by atoms with E-state index in [1.807, 2.05) is 53.1 Å². The Morgan fingerprint density at radius 2 is 1.67 bits per heavy atom. The fourth-order valence-corrected chi connectivity index (χ4v) is 4.40. The molecule has 0 radical (unpaired) electrons. The second kappa shape index (κ2) is 8.61. The first-order valence-corrected chi connectivity index (χ1v) is 10.0. The Labute approximate surface area is 159 Å². The van der Waals surface area contributed by atoms with Crippen molar-refractivity contribution in [3.8, 4) is 0 Å². The zero-order chi connectivity index (χ0) is 19.2. The van der Waals surface area contributed by atoms with Gasteiger partial charge in [-0.2, -0.15) is 0 Å². The molecule has 3 rings (SSSR count). The van der Waals surface area contributed by atoms with E-state index in [2.05, 4.69) is 4.90 Å². The Bertz CT molecular complexity index is 829. The van der Waals surface area contributed by atoms with E-state index in [0.29, 0.717) is 0 Å². The summed E-state index contributed by atoms with van der Waals surface area (Å²) in [6.07, 6.45) is 2.81. The minimum Gasteiger partial charge on any atom is -0.399 e. The number of carbonyl (C=O) groups excluding carboxylic acids is 1. The molecule has 7 nitrogen and oxygen atoms in total. The third-order valence-corrected chi connectivity index (χ3v) is 6.37. The highest BCUT2D eigenvalue weighted by molar-refractivity contribution is 6.56. The van der Waals surface area contributed by atoms with Crippen LogP contribution in [0, 0.1) is 0 Å². The second-order valence-corrected chi connectivity index (χ2v) is 8.12. The van der Waals surface area contributed by atoms with E-state index in [-0.39, 0.29) is 0 Å². The van der Waals surface area contributed by atoms with E-state index in [0.717, 1.165) is 48.3 Å². The van der Waals surface area contributed by atoms with Crippen molar-refractivity contribution >= 4 is 37.4 Å². The standard InChI is InChI=1S/C19H22N4O3Si/c20-16-4-6-17(7-5-16)22-11-13-23(14-12-22)27(26)18-8-1-15(2-9-18)3-10-19(24)21-25/h1-10,25H,11-14,20H2,(H,21,24)/b10-3+. The molecule has 0 unspecified atom stereocenters. The van der Waals surface area contributed by atoms with Crippen molar-refractivity contribution in [2.75, 3.05) is 36.8 Å². The first-order valence-electron chi connectivity index (χ1n) is 8.69. The second-order valence-electron chi connectivity index (χ2n) is 6.30. The first kappa shape index (κ1) is 18.8. The molecule has 27 heavy (non-hydrogen) atoms. The molecule has 1 heterocycles. The lowest BCUT2D eigenvalue weighted by atomic mass is 10.2. The largest absolute Gasteiger partial charge is 0.431 e. The van der Waals surface area contributed by atoms with Crippen molar-refractivity contribution in [2.24, 2.45) is 0 Å². The number of anilines is 2. The third kappa shape index (κ3) is 4.81. The molecule has 0 aliphatic carbocycles. The van der Waals surface area contributed by atoms with E-state index in [9.17, 15) is 9.26 Å². The van der Waals surface area contributed by atoms with Gasteiger partial charge in [-0.25, -0.2) is 5.48 Å². The smallest absolute Gasteiger partial charge is 0.399 e. The van der Waals surface area contributed by atoms with Crippen molar-refractivity contribution in [2.45, 2.75) is 0 Å². The molecule has 1 aliphatic heterocycles. The van der Waals surface area contributed by atoms with Gasteiger partial charge in [0.15, 0.2) is 0 Å². The van der Waals surface area contributed by atoms with E-state index < -0.39 is 14.8 Å². The number of carbonyl (C=O) groups is 1. The van der Waals surface area contributed by atoms with Crippen LogP contribution < -0.4 is 21.3 Å². The number of hydrogen-bond acceptors (Lipinski definition) is 5. The number of piperazine rings is 1. The van der Waals surface area contributed by atoms with Crippen LogP contribution in [0.5, 0.6) is 0 Å². The van der Waals surface area contributed by atoms with Gasteiger partial charge in [-0.1, -0.05) is 24.3 Å². The predicted octanol–water partition coefficient (Wildman–Crippen LogP) is 0.735. The van der Waals surface area contributed by atoms with E-state index in [1.54, 1.807) is 6.08 Å². The molecule has 0 atom stereocenters. The summed E-state index contributed by atoms with van der Waals surface area (Å²) >= 11 is 0. The third-order valence-electron chi connectivity index (χ3n) is 4.52. The van der Waals surface area contributed by atoms with Crippen LogP contribution in [0.2, 0.25) is 0 Å². The summed E-state index contributed by atoms with van der Waals surface area (Å²) in [6, 6.07) is 15.1. The Morgan fingerprint density at radius 1 is 1.04 bits per heavy atom. The van der Waals surface area contributed by atoms with Gasteiger partial charge in [-0.05, 0) is 35.9 Å². The zero-order valence-electron chi connectivity index (χ0n) is 14.8. The Balaban J connectivity index is 1.58. The number of rotatable bonds is 5. The maximum Gasteiger partial charge on any atom is 0.431 e. The number of nitrogens with two attached hydrogens (primary N) is 1. The normalized spacial score (nSPS) is 14.4. The van der Waals surface area contributed by atoms with E-state index in [4.69, 9.17) is 10.9 Å². The highest BCUT2D eigenvalue weighted by Gasteiger charge is 2.24. The molecular weight excluding hydrogens is 360 g/mol. The maximum absolute atomic E-state index is 12.9. The number of benzene rings is 2. The quantitative estimate of drug-likeness (QED) is 0.232. The lowest BCUT2D eigenvalue weighted by Crippen LogP contribution is -2.52. The Kier molecular flexibility index (Phi) is 6.00. The van der Waals surface area contributed by atoms with E-state index in [1.165, 1.54) is 11.6 Å². The van der Waals surface area contributed by atoms with Gasteiger partial charge in [0.25, 0.3) is 5.91 Å². The van der Waals surface area contributed by atoms with Gasteiger partial charge in [-0.15, -0.1) is 0 Å². The lowest BCUT2D eigenvalue weighted by molar-refractivity contribution is -0.124. The van der Waals surface area contributed by atoms with Crippen molar-refractivity contribution in [3.05, 3.63) is 60.2 Å². The molecule has 140 valence electrons. The van der Waals surface area contributed by atoms with Crippen molar-refractivity contribution < 1.29 is 14.5 Å². The highest BCUT2D eigenvalue weighted by atomic mass is 28.3. The fraction of sp³-hybridized carbons (Fsp3) is 0.211. The zero-order valence-corrected chi connectivity index (χ0v) is 15.8. The summed E-state index contributed by atoms with van der Waals surface area (Å²) in [5, 5.41) is 9.27. The number of nitrogens with one attached hydrogen (secondary N) is 1. The van der Waals surface area contributed by atoms with Crippen molar-refractivity contribution in [1.82, 2.24) is 10.0 Å². The molecule has 1 fully saturated rings. The summed E-state index contributed by atoms with van der Waals surface area (Å²) in [6.45, 7) is 3.11. The molecule has 1 amide bonds. The molecule has 2 aromatic rings. The van der Waals surface area contributed by atoms with Crippen molar-refractivity contribution in [1.29, 1.82) is 0 Å². The summed E-state index contributed by atoms with van der Waals surface area (Å²) in [5.74, 6) is -0.591. The average molecular weight is 382 g/mol. The van der Waals surface area contributed by atoms with Crippen LogP contribution in [0.15, 0.2) is 54.6 Å². The number of hydrogen-bond donors (Lipinski definition) is 3. The number of hydroxylamine groups is 1. The summed E-state index contributed by atoms with van der Waals surface area (Å²) in [4.78, 5) is 13.3. The molecular formula is C19H22N4O3Si. The molecule has 1 saturated heterocycles. The van der Waals surface area contributed by atoms with Crippen LogP contribution in [0.4, 0.5) is 11.4 Å². The van der Waals surface area contributed by atoms with Crippen LogP contribution in [0.25, 0.3) is 6.08 Å². The predicted molar refractivity (Wildman–Crippen MR) is 106 cm³/mol. The minimum atomic E-state index is -2.04. The van der Waals surface area contributed by atoms with Gasteiger partial charge in [0.1, 0.15) is 0 Å². The summed E-state index contributed by atoms with van der Waals surface area (Å²) in [5.41, 5.74) is 9.95. The first-order chi connectivity index (χ1) is 13.1. The van der Waals surface area contributed by atoms with Crippen LogP contribution in [-0.4, -0.2) is 50.7 Å². The number of amides is 1. The number of nitrogens with zero attached hydrogens (tertiary/aromatic N) is 2. The Hall–Kier alpha value is -2.97. The van der Waals surface area contributed by atoms with Crippen LogP contribution in [0.3, 0.4) is 0 Å². The van der Waals surface area contributed by atoms with Crippen LogP contribution >= 0.6 is 0 Å². The van der Waals surface area contributed by atoms with Gasteiger partial charge in [0.05, 0.1) is 0 Å². The van der Waals surface area contributed by atoms with Gasteiger partial charge >= 0.3 is 8.84 Å². The average Bonchev–Trinajstić information content (AvgIpc) is 2.72. The molecule has 2 aromatic carbocycles. The lowest BCUT2D eigenvalue weighted by Gasteiger charge is -2.36. The van der Waals surface area contributed by atoms with Crippen molar-refractivity contribution in [3.63, 3.8) is 0 Å². The molecule has 0 spiro atoms. The SMILES string of the molecule is Nc1ccc(N2CCN([Si](=O)c3ccc(/C=C/C(=O)NO)cc3)CC2)cc1. The van der Waals surface area contributed by atoms with Gasteiger partial charge < -0.3 is 19.7 Å². The van der Waals surface area contributed by atoms with Crippen LogP contribution in [-0.2, 0) is 9.26 Å². The number of nitrogen functional groups attached to an aromatic ring is 1. The molecule has 8 heteroatoms. The molecule has 0 saturated carbocycles. The minimum absolute atomic E-state index is 0.591. The maximum atomic E-state index is 12.9. The highest BCUT2D eigenvalue weighted by Crippen LogP contribution is 2.18. The topological polar surface area (TPSA) is 98.9 Å². The molecule has 0 aromatic heterocycles. The molecule has 0 bridgehead atoms. The molecule has 1 aliphatic rings. The monoisotopic (exact) mass is 382 g/mol. The Morgan fingerprint density at radius 3 is 2.26 bits per heavy atom.